The fourth-order valence-corrected chi connectivity index (χ4v) is 6.40. The van der Waals surface area contributed by atoms with Crippen molar-refractivity contribution in [1.29, 1.82) is 5.26 Å². The molecule has 9 nitrogen and oxygen atoms in total. The fraction of sp³-hybridized carbons (Fsp3) is 0.435. The third kappa shape index (κ3) is 6.42. The normalized spacial score (nSPS) is 15.5. The Kier molecular flexibility index (Phi) is 8.79. The summed E-state index contributed by atoms with van der Waals surface area (Å²) < 4.78 is 32.7. The van der Waals surface area contributed by atoms with Crippen LogP contribution >= 0.6 is 11.3 Å². The van der Waals surface area contributed by atoms with E-state index in [1.165, 1.54) is 4.31 Å². The van der Waals surface area contributed by atoms with Gasteiger partial charge in [0.05, 0.1) is 19.3 Å². The number of hydrogen-bond donors (Lipinski definition) is 2. The van der Waals surface area contributed by atoms with E-state index in [1.807, 2.05) is 19.9 Å². The van der Waals surface area contributed by atoms with Crippen LogP contribution in [0.5, 0.6) is 0 Å². The van der Waals surface area contributed by atoms with Gasteiger partial charge in [-0.1, -0.05) is 26.0 Å². The topological polar surface area (TPSA) is 129 Å². The van der Waals surface area contributed by atoms with E-state index < -0.39 is 27.9 Å². The molecule has 0 unspecified atom stereocenters. The van der Waals surface area contributed by atoms with Crippen molar-refractivity contribution in [3.63, 3.8) is 0 Å². The summed E-state index contributed by atoms with van der Waals surface area (Å²) in [5, 5.41) is 14.0. The van der Waals surface area contributed by atoms with Gasteiger partial charge in [-0.15, -0.1) is 11.3 Å². The molecule has 182 valence electrons. The van der Waals surface area contributed by atoms with E-state index in [9.17, 15) is 18.0 Å². The van der Waals surface area contributed by atoms with E-state index in [0.29, 0.717) is 48.7 Å². The Bertz CT molecular complexity index is 1160. The molecule has 1 atom stereocenters. The van der Waals surface area contributed by atoms with Crippen molar-refractivity contribution in [1.82, 2.24) is 14.9 Å². The molecule has 0 radical (unpaired) electrons. The largest absolute Gasteiger partial charge is 0.379 e. The maximum Gasteiger partial charge on any atom is 0.252 e. The Hall–Kier alpha value is -2.78. The number of nitriles is 1. The zero-order valence-corrected chi connectivity index (χ0v) is 20.7. The molecular weight excluding hydrogens is 476 g/mol. The van der Waals surface area contributed by atoms with Gasteiger partial charge in [0, 0.05) is 23.5 Å². The smallest absolute Gasteiger partial charge is 0.252 e. The lowest BCUT2D eigenvalue weighted by atomic mass is 10.0. The zero-order valence-electron chi connectivity index (χ0n) is 19.1. The van der Waals surface area contributed by atoms with Crippen LogP contribution in [0.25, 0.3) is 10.4 Å². The van der Waals surface area contributed by atoms with Crippen LogP contribution in [0.2, 0.25) is 0 Å². The van der Waals surface area contributed by atoms with Crippen LogP contribution < -0.4 is 10.6 Å². The van der Waals surface area contributed by atoms with Crippen molar-refractivity contribution in [2.75, 3.05) is 32.8 Å². The standard InChI is InChI=1S/C23H28N4O5S2/c1-16(2)14-19(23(29)25-9-8-24)26-22(28)18-5-3-4-17(15-18)20-6-7-21(33-20)34(30,31)27-10-12-32-13-11-27/h3-7,15-16,19H,9-14H2,1-2H3,(H,25,29)(H,26,28)/t19-/m0/s1. The average Bonchev–Trinajstić information content (AvgIpc) is 3.34. The van der Waals surface area contributed by atoms with Crippen molar-refractivity contribution in [2.24, 2.45) is 5.92 Å². The molecule has 1 aromatic heterocycles. The van der Waals surface area contributed by atoms with Crippen LogP contribution in [-0.4, -0.2) is 63.4 Å². The second-order valence-electron chi connectivity index (χ2n) is 8.25. The van der Waals surface area contributed by atoms with Crippen molar-refractivity contribution in [2.45, 2.75) is 30.5 Å². The number of nitrogens with one attached hydrogen (secondary N) is 2. The van der Waals surface area contributed by atoms with Gasteiger partial charge in [0.2, 0.25) is 5.91 Å². The van der Waals surface area contributed by atoms with E-state index in [1.54, 1.807) is 36.4 Å². The van der Waals surface area contributed by atoms with E-state index >= 15 is 0 Å². The summed E-state index contributed by atoms with van der Waals surface area (Å²) in [6, 6.07) is 11.2. The highest BCUT2D eigenvalue weighted by atomic mass is 32.2. The first kappa shape index (κ1) is 25.8. The Morgan fingerprint density at radius 1 is 1.21 bits per heavy atom. The molecule has 0 saturated carbocycles. The molecule has 2 N–H and O–H groups in total. The van der Waals surface area contributed by atoms with Crippen LogP contribution in [-0.2, 0) is 19.6 Å². The predicted molar refractivity (Wildman–Crippen MR) is 129 cm³/mol. The van der Waals surface area contributed by atoms with Crippen molar-refractivity contribution < 1.29 is 22.7 Å². The number of nitrogens with zero attached hydrogens (tertiary/aromatic N) is 2. The number of ether oxygens (including phenoxy) is 1. The second-order valence-corrected chi connectivity index (χ2v) is 11.5. The summed E-state index contributed by atoms with van der Waals surface area (Å²) in [4.78, 5) is 26.0. The number of rotatable bonds is 9. The first-order chi connectivity index (χ1) is 16.2. The molecule has 2 heterocycles. The molecule has 3 rings (SSSR count). The number of thiophene rings is 1. The van der Waals surface area contributed by atoms with E-state index in [4.69, 9.17) is 10.00 Å². The Morgan fingerprint density at radius 3 is 2.62 bits per heavy atom. The molecule has 1 fully saturated rings. The number of morpholine rings is 1. The third-order valence-corrected chi connectivity index (χ3v) is 8.73. The van der Waals surface area contributed by atoms with Crippen molar-refractivity contribution >= 4 is 33.2 Å². The first-order valence-corrected chi connectivity index (χ1v) is 13.2. The SMILES string of the molecule is CC(C)C[C@H](NC(=O)c1cccc(-c2ccc(S(=O)(=O)N3CCOCC3)s2)c1)C(=O)NCC#N. The molecule has 2 aromatic rings. The summed E-state index contributed by atoms with van der Waals surface area (Å²) in [6.07, 6.45) is 0.427. The minimum Gasteiger partial charge on any atom is -0.379 e. The molecule has 0 bridgehead atoms. The second kappa shape index (κ2) is 11.6. The van der Waals surface area contributed by atoms with Gasteiger partial charge in [-0.05, 0) is 42.2 Å². The van der Waals surface area contributed by atoms with Crippen molar-refractivity contribution in [3.8, 4) is 16.5 Å². The van der Waals surface area contributed by atoms with Gasteiger partial charge < -0.3 is 15.4 Å². The lowest BCUT2D eigenvalue weighted by Gasteiger charge is -2.25. The van der Waals surface area contributed by atoms with Crippen LogP contribution in [0.15, 0.2) is 40.6 Å². The summed E-state index contributed by atoms with van der Waals surface area (Å²) in [7, 11) is -3.60. The minimum atomic E-state index is -3.60. The van der Waals surface area contributed by atoms with Crippen LogP contribution in [0, 0.1) is 17.2 Å². The monoisotopic (exact) mass is 504 g/mol. The fourth-order valence-electron chi connectivity index (χ4n) is 3.54. The van der Waals surface area contributed by atoms with Crippen molar-refractivity contribution in [3.05, 3.63) is 42.0 Å². The molecule has 1 aliphatic rings. The number of hydrogen-bond acceptors (Lipinski definition) is 7. The number of benzene rings is 1. The highest BCUT2D eigenvalue weighted by Crippen LogP contribution is 2.33. The zero-order chi connectivity index (χ0) is 24.7. The van der Waals surface area contributed by atoms with E-state index in [2.05, 4.69) is 10.6 Å². The highest BCUT2D eigenvalue weighted by Gasteiger charge is 2.28. The molecule has 1 saturated heterocycles. The quantitative estimate of drug-likeness (QED) is 0.504. The molecule has 0 spiro atoms. The van der Waals surface area contributed by atoms with Gasteiger partial charge in [-0.3, -0.25) is 9.59 Å². The molecule has 1 aromatic carbocycles. The molecule has 34 heavy (non-hydrogen) atoms. The Labute approximate surface area is 203 Å². The number of carbonyl (C=O) groups is 2. The number of sulfonamides is 1. The van der Waals surface area contributed by atoms with Gasteiger partial charge >= 0.3 is 0 Å². The molecule has 2 amide bonds. The summed E-state index contributed by atoms with van der Waals surface area (Å²) in [5.74, 6) is -0.671. The lowest BCUT2D eigenvalue weighted by molar-refractivity contribution is -0.123. The Balaban J connectivity index is 1.77. The summed E-state index contributed by atoms with van der Waals surface area (Å²) in [5.41, 5.74) is 1.06. The first-order valence-electron chi connectivity index (χ1n) is 11.0. The van der Waals surface area contributed by atoms with Gasteiger partial charge in [0.15, 0.2) is 0 Å². The van der Waals surface area contributed by atoms with Gasteiger partial charge in [0.25, 0.3) is 15.9 Å². The molecule has 11 heteroatoms. The van der Waals surface area contributed by atoms with Crippen LogP contribution in [0.4, 0.5) is 0 Å². The van der Waals surface area contributed by atoms with Crippen LogP contribution in [0.1, 0.15) is 30.6 Å². The number of carbonyl (C=O) groups excluding carboxylic acids is 2. The summed E-state index contributed by atoms with van der Waals surface area (Å²) in [6.45, 7) is 5.15. The lowest BCUT2D eigenvalue weighted by Crippen LogP contribution is -2.47. The van der Waals surface area contributed by atoms with Crippen LogP contribution in [0.3, 0.4) is 0 Å². The van der Waals surface area contributed by atoms with E-state index in [0.717, 1.165) is 11.3 Å². The average molecular weight is 505 g/mol. The van der Waals surface area contributed by atoms with Gasteiger partial charge in [0.1, 0.15) is 16.8 Å². The number of amides is 2. The molecule has 0 aliphatic carbocycles. The Morgan fingerprint density at radius 2 is 1.94 bits per heavy atom. The molecule has 1 aliphatic heterocycles. The van der Waals surface area contributed by atoms with Gasteiger partial charge in [-0.2, -0.15) is 9.57 Å². The third-order valence-electron chi connectivity index (χ3n) is 5.23. The highest BCUT2D eigenvalue weighted by molar-refractivity contribution is 7.91. The maximum absolute atomic E-state index is 12.9. The van der Waals surface area contributed by atoms with E-state index in [-0.39, 0.29) is 16.7 Å². The molecular formula is C23H28N4O5S2. The van der Waals surface area contributed by atoms with Gasteiger partial charge in [-0.25, -0.2) is 8.42 Å². The summed E-state index contributed by atoms with van der Waals surface area (Å²) >= 11 is 1.15. The predicted octanol–water partition coefficient (Wildman–Crippen LogP) is 2.22. The maximum atomic E-state index is 12.9. The minimum absolute atomic E-state index is 0.132.